The number of anilines is 1. The molecule has 3 heterocycles. The van der Waals surface area contributed by atoms with Crippen molar-refractivity contribution in [1.29, 1.82) is 0 Å². The first-order valence-corrected chi connectivity index (χ1v) is 10.4. The van der Waals surface area contributed by atoms with E-state index in [2.05, 4.69) is 34.8 Å². The molecule has 2 aromatic heterocycles. The minimum atomic E-state index is -0.257. The molecule has 28 heavy (non-hydrogen) atoms. The van der Waals surface area contributed by atoms with Gasteiger partial charge in [-0.2, -0.15) is 0 Å². The third kappa shape index (κ3) is 3.80. The molecule has 6 nitrogen and oxygen atoms in total. The highest BCUT2D eigenvalue weighted by molar-refractivity contribution is 7.18. The summed E-state index contributed by atoms with van der Waals surface area (Å²) >= 11 is 1.72. The van der Waals surface area contributed by atoms with Gasteiger partial charge in [-0.25, -0.2) is 14.8 Å². The van der Waals surface area contributed by atoms with Crippen LogP contribution in [0.3, 0.4) is 0 Å². The zero-order valence-electron chi connectivity index (χ0n) is 16.2. The lowest BCUT2D eigenvalue weighted by Gasteiger charge is -2.39. The summed E-state index contributed by atoms with van der Waals surface area (Å²) in [6, 6.07) is 12.0. The van der Waals surface area contributed by atoms with Crippen LogP contribution in [0.5, 0.6) is 0 Å². The summed E-state index contributed by atoms with van der Waals surface area (Å²) in [5.41, 5.74) is 0.995. The van der Waals surface area contributed by atoms with Crippen LogP contribution in [-0.4, -0.2) is 46.6 Å². The summed E-state index contributed by atoms with van der Waals surface area (Å²) in [6.07, 6.45) is 2.38. The van der Waals surface area contributed by atoms with Crippen LogP contribution in [0.4, 0.5) is 10.6 Å². The third-order valence-corrected chi connectivity index (χ3v) is 6.26. The minimum absolute atomic E-state index is 0.0475. The van der Waals surface area contributed by atoms with Crippen molar-refractivity contribution in [2.75, 3.05) is 24.5 Å². The van der Waals surface area contributed by atoms with Gasteiger partial charge in [0.1, 0.15) is 23.6 Å². The van der Waals surface area contributed by atoms with Crippen LogP contribution in [0.25, 0.3) is 10.2 Å². The summed E-state index contributed by atoms with van der Waals surface area (Å²) in [4.78, 5) is 27.9. The Bertz CT molecular complexity index is 959. The molecule has 1 aliphatic heterocycles. The second kappa shape index (κ2) is 8.14. The zero-order chi connectivity index (χ0) is 19.5. The normalized spacial score (nSPS) is 17.1. The number of carbonyl (C=O) groups is 1. The van der Waals surface area contributed by atoms with E-state index in [0.717, 1.165) is 41.1 Å². The average molecular weight is 397 g/mol. The van der Waals surface area contributed by atoms with Gasteiger partial charge < -0.3 is 14.5 Å². The lowest BCUT2D eigenvalue weighted by atomic mass is 10.2. The van der Waals surface area contributed by atoms with E-state index in [4.69, 9.17) is 4.74 Å². The molecular formula is C21H24N4O2S. The molecule has 1 amide bonds. The van der Waals surface area contributed by atoms with Gasteiger partial charge in [-0.15, -0.1) is 11.3 Å². The Morgan fingerprint density at radius 1 is 1.25 bits per heavy atom. The van der Waals surface area contributed by atoms with Crippen molar-refractivity contribution < 1.29 is 9.53 Å². The molecular weight excluding hydrogens is 372 g/mol. The molecule has 1 saturated heterocycles. The molecule has 0 N–H and O–H groups in total. The molecule has 1 aliphatic rings. The molecule has 146 valence electrons. The van der Waals surface area contributed by atoms with Crippen LogP contribution in [0.2, 0.25) is 0 Å². The maximum Gasteiger partial charge on any atom is 0.410 e. The van der Waals surface area contributed by atoms with Gasteiger partial charge in [0.05, 0.1) is 5.39 Å². The van der Waals surface area contributed by atoms with E-state index >= 15 is 0 Å². The molecule has 0 spiro atoms. The largest absolute Gasteiger partial charge is 0.445 e. The van der Waals surface area contributed by atoms with Crippen LogP contribution in [0.15, 0.2) is 42.7 Å². The highest BCUT2D eigenvalue weighted by Gasteiger charge is 2.30. The third-order valence-electron chi connectivity index (χ3n) is 5.07. The molecule has 4 rings (SSSR count). The van der Waals surface area contributed by atoms with Crippen LogP contribution in [0.1, 0.15) is 24.3 Å². The van der Waals surface area contributed by atoms with Crippen molar-refractivity contribution in [2.24, 2.45) is 0 Å². The Balaban J connectivity index is 1.42. The average Bonchev–Trinajstić information content (AvgIpc) is 3.16. The first-order valence-electron chi connectivity index (χ1n) is 9.61. The van der Waals surface area contributed by atoms with E-state index in [1.165, 1.54) is 4.88 Å². The molecule has 0 radical (unpaired) electrons. The predicted molar refractivity (Wildman–Crippen MR) is 112 cm³/mol. The standard InChI is InChI=1S/C21H24N4O2S/c1-3-17-11-18-19(22-14-23-20(18)28-17)24-9-10-25(15(2)12-24)21(26)27-13-16-7-5-4-6-8-16/h4-8,11,14-15H,3,9-10,12-13H2,1-2H3. The smallest absolute Gasteiger partial charge is 0.410 e. The number of benzene rings is 1. The lowest BCUT2D eigenvalue weighted by Crippen LogP contribution is -2.54. The fourth-order valence-electron chi connectivity index (χ4n) is 3.54. The molecule has 0 bridgehead atoms. The monoisotopic (exact) mass is 396 g/mol. The number of nitrogens with zero attached hydrogens (tertiary/aromatic N) is 4. The Morgan fingerprint density at radius 2 is 2.07 bits per heavy atom. The van der Waals surface area contributed by atoms with Crippen molar-refractivity contribution in [3.8, 4) is 0 Å². The van der Waals surface area contributed by atoms with E-state index in [0.29, 0.717) is 13.2 Å². The van der Waals surface area contributed by atoms with E-state index in [1.807, 2.05) is 35.2 Å². The number of ether oxygens (including phenoxy) is 1. The Labute approximate surface area is 168 Å². The number of hydrogen-bond donors (Lipinski definition) is 0. The van der Waals surface area contributed by atoms with E-state index in [9.17, 15) is 4.79 Å². The van der Waals surface area contributed by atoms with Gasteiger partial charge in [-0.3, -0.25) is 0 Å². The van der Waals surface area contributed by atoms with Gasteiger partial charge in [-0.05, 0) is 25.0 Å². The number of thiophene rings is 1. The number of carbonyl (C=O) groups excluding carboxylic acids is 1. The van der Waals surface area contributed by atoms with Crippen LogP contribution in [0, 0.1) is 0 Å². The van der Waals surface area contributed by atoms with E-state index in [1.54, 1.807) is 17.7 Å². The molecule has 1 fully saturated rings. The number of aryl methyl sites for hydroxylation is 1. The summed E-state index contributed by atoms with van der Waals surface area (Å²) in [6.45, 7) is 6.58. The SMILES string of the molecule is CCc1cc2c(N3CCN(C(=O)OCc4ccccc4)C(C)C3)ncnc2s1. The highest BCUT2D eigenvalue weighted by Crippen LogP contribution is 2.31. The van der Waals surface area contributed by atoms with E-state index in [-0.39, 0.29) is 12.1 Å². The molecule has 1 atom stereocenters. The van der Waals surface area contributed by atoms with Crippen molar-refractivity contribution >= 4 is 33.5 Å². The Hall–Kier alpha value is -2.67. The van der Waals surface area contributed by atoms with Gasteiger partial charge in [-0.1, -0.05) is 37.3 Å². The number of aromatic nitrogens is 2. The summed E-state index contributed by atoms with van der Waals surface area (Å²) in [7, 11) is 0. The number of hydrogen-bond acceptors (Lipinski definition) is 6. The molecule has 1 aromatic carbocycles. The summed E-state index contributed by atoms with van der Waals surface area (Å²) in [5.74, 6) is 0.963. The molecule has 3 aromatic rings. The van der Waals surface area contributed by atoms with Crippen molar-refractivity contribution in [1.82, 2.24) is 14.9 Å². The second-order valence-corrected chi connectivity index (χ2v) is 8.13. The molecule has 1 unspecified atom stereocenters. The van der Waals surface area contributed by atoms with Crippen LogP contribution >= 0.6 is 11.3 Å². The van der Waals surface area contributed by atoms with Crippen LogP contribution < -0.4 is 4.90 Å². The Morgan fingerprint density at radius 3 is 2.82 bits per heavy atom. The number of piperazine rings is 1. The minimum Gasteiger partial charge on any atom is -0.445 e. The lowest BCUT2D eigenvalue weighted by molar-refractivity contribution is 0.0794. The van der Waals surface area contributed by atoms with E-state index < -0.39 is 0 Å². The first-order chi connectivity index (χ1) is 13.7. The predicted octanol–water partition coefficient (Wildman–Crippen LogP) is 4.10. The maximum atomic E-state index is 12.5. The van der Waals surface area contributed by atoms with Gasteiger partial charge in [0.25, 0.3) is 0 Å². The van der Waals surface area contributed by atoms with Crippen molar-refractivity contribution in [3.63, 3.8) is 0 Å². The van der Waals surface area contributed by atoms with Gasteiger partial charge in [0.15, 0.2) is 0 Å². The fourth-order valence-corrected chi connectivity index (χ4v) is 4.47. The molecule has 7 heteroatoms. The van der Waals surface area contributed by atoms with Crippen molar-refractivity contribution in [2.45, 2.75) is 32.9 Å². The number of amides is 1. The van der Waals surface area contributed by atoms with Crippen LogP contribution in [-0.2, 0) is 17.8 Å². The number of rotatable bonds is 4. The topological polar surface area (TPSA) is 58.6 Å². The van der Waals surface area contributed by atoms with Gasteiger partial charge >= 0.3 is 6.09 Å². The molecule has 0 saturated carbocycles. The van der Waals surface area contributed by atoms with Gasteiger partial charge in [0, 0.05) is 30.6 Å². The maximum absolute atomic E-state index is 12.5. The summed E-state index contributed by atoms with van der Waals surface area (Å²) in [5, 5.41) is 1.11. The van der Waals surface area contributed by atoms with Gasteiger partial charge in [0.2, 0.25) is 0 Å². The second-order valence-electron chi connectivity index (χ2n) is 7.01. The van der Waals surface area contributed by atoms with Crippen molar-refractivity contribution in [3.05, 3.63) is 53.2 Å². The first kappa shape index (κ1) is 18.7. The Kier molecular flexibility index (Phi) is 5.43. The zero-order valence-corrected chi connectivity index (χ0v) is 17.0. The highest BCUT2D eigenvalue weighted by atomic mass is 32.1. The molecule has 0 aliphatic carbocycles. The fraction of sp³-hybridized carbons (Fsp3) is 0.381. The quantitative estimate of drug-likeness (QED) is 0.664. The number of fused-ring (bicyclic) bond motifs is 1. The summed E-state index contributed by atoms with van der Waals surface area (Å²) < 4.78 is 5.51.